The molecule has 0 aromatic carbocycles. The van der Waals surface area contributed by atoms with Crippen LogP contribution in [0.2, 0.25) is 0 Å². The Morgan fingerprint density at radius 2 is 2.36 bits per heavy atom. The molecule has 2 aliphatic heterocycles. The van der Waals surface area contributed by atoms with Crippen LogP contribution in [0.15, 0.2) is 18.3 Å². The first-order valence-corrected chi connectivity index (χ1v) is 8.34. The van der Waals surface area contributed by atoms with Gasteiger partial charge in [0.15, 0.2) is 0 Å². The molecular weight excluding hydrogens is 278 g/mol. The Hall–Kier alpha value is -1.62. The van der Waals surface area contributed by atoms with E-state index < -0.39 is 0 Å². The minimum atomic E-state index is -0.0446. The van der Waals surface area contributed by atoms with Crippen molar-refractivity contribution < 1.29 is 9.53 Å². The highest BCUT2D eigenvalue weighted by molar-refractivity contribution is 5.98. The Labute approximate surface area is 132 Å². The Bertz CT molecular complexity index is 514. The number of nitrogens with one attached hydrogen (secondary N) is 1. The summed E-state index contributed by atoms with van der Waals surface area (Å²) in [7, 11) is 0. The van der Waals surface area contributed by atoms with Crippen molar-refractivity contribution in [2.75, 3.05) is 31.1 Å². The third-order valence-electron chi connectivity index (χ3n) is 4.50. The summed E-state index contributed by atoms with van der Waals surface area (Å²) < 4.78 is 5.56. The fourth-order valence-corrected chi connectivity index (χ4v) is 3.32. The van der Waals surface area contributed by atoms with E-state index in [1.807, 2.05) is 12.1 Å². The summed E-state index contributed by atoms with van der Waals surface area (Å²) in [4.78, 5) is 19.2. The molecule has 1 N–H and O–H groups in total. The van der Waals surface area contributed by atoms with Gasteiger partial charge in [0, 0.05) is 32.4 Å². The van der Waals surface area contributed by atoms with Gasteiger partial charge in [-0.15, -0.1) is 0 Å². The number of ether oxygens (including phenoxy) is 1. The maximum Gasteiger partial charge on any atom is 0.255 e. The highest BCUT2D eigenvalue weighted by Crippen LogP contribution is 2.24. The Kier molecular flexibility index (Phi) is 4.93. The summed E-state index contributed by atoms with van der Waals surface area (Å²) in [5, 5.41) is 3.00. The largest absolute Gasteiger partial charge is 0.376 e. The van der Waals surface area contributed by atoms with Crippen molar-refractivity contribution in [2.45, 2.75) is 38.7 Å². The molecule has 0 unspecified atom stereocenters. The molecule has 0 spiro atoms. The average molecular weight is 303 g/mol. The summed E-state index contributed by atoms with van der Waals surface area (Å²) in [5.41, 5.74) is 0.676. The maximum atomic E-state index is 12.5. The zero-order valence-corrected chi connectivity index (χ0v) is 13.3. The van der Waals surface area contributed by atoms with Gasteiger partial charge in [-0.25, -0.2) is 4.98 Å². The van der Waals surface area contributed by atoms with E-state index in [-0.39, 0.29) is 12.0 Å². The van der Waals surface area contributed by atoms with Gasteiger partial charge < -0.3 is 15.0 Å². The molecule has 1 aromatic rings. The van der Waals surface area contributed by atoms with Crippen LogP contribution in [-0.4, -0.2) is 43.2 Å². The zero-order valence-electron chi connectivity index (χ0n) is 13.3. The lowest BCUT2D eigenvalue weighted by molar-refractivity contribution is 0.0858. The predicted octanol–water partition coefficient (Wildman–Crippen LogP) is 2.23. The minimum absolute atomic E-state index is 0.0446. The van der Waals surface area contributed by atoms with Crippen molar-refractivity contribution in [3.05, 3.63) is 23.9 Å². The van der Waals surface area contributed by atoms with Crippen LogP contribution >= 0.6 is 0 Å². The van der Waals surface area contributed by atoms with Gasteiger partial charge in [-0.2, -0.15) is 0 Å². The summed E-state index contributed by atoms with van der Waals surface area (Å²) in [6, 6.07) is 3.70. The van der Waals surface area contributed by atoms with E-state index in [0.29, 0.717) is 18.0 Å². The Balaban J connectivity index is 1.68. The fourth-order valence-electron chi connectivity index (χ4n) is 3.32. The Morgan fingerprint density at radius 3 is 3.14 bits per heavy atom. The first-order valence-electron chi connectivity index (χ1n) is 8.34. The highest BCUT2D eigenvalue weighted by atomic mass is 16.5. The number of aromatic nitrogens is 1. The lowest BCUT2D eigenvalue weighted by Crippen LogP contribution is -2.38. The topological polar surface area (TPSA) is 54.5 Å². The number of pyridine rings is 1. The average Bonchev–Trinajstić information content (AvgIpc) is 3.06. The molecule has 5 nitrogen and oxygen atoms in total. The lowest BCUT2D eigenvalue weighted by atomic mass is 10.00. The molecule has 3 rings (SSSR count). The van der Waals surface area contributed by atoms with Gasteiger partial charge in [0.2, 0.25) is 0 Å². The molecule has 120 valence electrons. The SMILES string of the molecule is C[C@@H]1CCCN(c2ncccc2C(=O)NC[C@H]2CCCO2)C1. The number of anilines is 1. The number of hydrogen-bond acceptors (Lipinski definition) is 4. The van der Waals surface area contributed by atoms with Crippen molar-refractivity contribution in [3.63, 3.8) is 0 Å². The van der Waals surface area contributed by atoms with Crippen LogP contribution in [0.5, 0.6) is 0 Å². The molecule has 2 aliphatic rings. The molecule has 2 fully saturated rings. The van der Waals surface area contributed by atoms with E-state index in [9.17, 15) is 4.79 Å². The van der Waals surface area contributed by atoms with E-state index in [4.69, 9.17) is 4.74 Å². The van der Waals surface area contributed by atoms with E-state index in [1.165, 1.54) is 6.42 Å². The molecule has 0 radical (unpaired) electrons. The standard InChI is InChI=1S/C17H25N3O2/c1-13-5-3-9-20(12-13)16-15(7-2-8-18-16)17(21)19-11-14-6-4-10-22-14/h2,7-8,13-14H,3-6,9-12H2,1H3,(H,19,21)/t13-,14-/m1/s1. The summed E-state index contributed by atoms with van der Waals surface area (Å²) >= 11 is 0. The van der Waals surface area contributed by atoms with Crippen molar-refractivity contribution in [1.29, 1.82) is 0 Å². The van der Waals surface area contributed by atoms with Gasteiger partial charge in [-0.05, 0) is 43.7 Å². The molecule has 0 saturated carbocycles. The second-order valence-corrected chi connectivity index (χ2v) is 6.41. The minimum Gasteiger partial charge on any atom is -0.376 e. The first-order chi connectivity index (χ1) is 10.7. The predicted molar refractivity (Wildman–Crippen MR) is 86.2 cm³/mol. The highest BCUT2D eigenvalue weighted by Gasteiger charge is 2.23. The molecule has 1 aromatic heterocycles. The summed E-state index contributed by atoms with van der Waals surface area (Å²) in [6.07, 6.45) is 6.47. The number of hydrogen-bond donors (Lipinski definition) is 1. The molecule has 0 aliphatic carbocycles. The number of rotatable bonds is 4. The third kappa shape index (κ3) is 3.58. The van der Waals surface area contributed by atoms with E-state index in [0.717, 1.165) is 44.8 Å². The summed E-state index contributed by atoms with van der Waals surface area (Å²) in [6.45, 7) is 5.61. The molecule has 3 heterocycles. The van der Waals surface area contributed by atoms with Crippen LogP contribution in [0.1, 0.15) is 43.0 Å². The van der Waals surface area contributed by atoms with Gasteiger partial charge in [0.25, 0.3) is 5.91 Å². The zero-order chi connectivity index (χ0) is 15.4. The van der Waals surface area contributed by atoms with Crippen molar-refractivity contribution in [1.82, 2.24) is 10.3 Å². The second kappa shape index (κ2) is 7.09. The van der Waals surface area contributed by atoms with Crippen molar-refractivity contribution in [2.24, 2.45) is 5.92 Å². The van der Waals surface area contributed by atoms with Gasteiger partial charge in [-0.1, -0.05) is 6.92 Å². The monoisotopic (exact) mass is 303 g/mol. The molecule has 2 atom stereocenters. The lowest BCUT2D eigenvalue weighted by Gasteiger charge is -2.32. The van der Waals surface area contributed by atoms with Gasteiger partial charge in [-0.3, -0.25) is 4.79 Å². The van der Waals surface area contributed by atoms with E-state index in [1.54, 1.807) is 6.20 Å². The molecule has 2 saturated heterocycles. The first kappa shape index (κ1) is 15.3. The van der Waals surface area contributed by atoms with Gasteiger partial charge in [0.1, 0.15) is 5.82 Å². The van der Waals surface area contributed by atoms with Crippen LogP contribution in [0, 0.1) is 5.92 Å². The second-order valence-electron chi connectivity index (χ2n) is 6.41. The van der Waals surface area contributed by atoms with Crippen LogP contribution < -0.4 is 10.2 Å². The number of carbonyl (C=O) groups is 1. The number of carbonyl (C=O) groups excluding carboxylic acids is 1. The third-order valence-corrected chi connectivity index (χ3v) is 4.50. The molecular formula is C17H25N3O2. The van der Waals surface area contributed by atoms with Crippen LogP contribution in [0.3, 0.4) is 0 Å². The smallest absolute Gasteiger partial charge is 0.255 e. The summed E-state index contributed by atoms with van der Waals surface area (Å²) in [5.74, 6) is 1.43. The van der Waals surface area contributed by atoms with Crippen molar-refractivity contribution in [3.8, 4) is 0 Å². The molecule has 0 bridgehead atoms. The quantitative estimate of drug-likeness (QED) is 0.927. The number of amides is 1. The van der Waals surface area contributed by atoms with Crippen LogP contribution in [0.25, 0.3) is 0 Å². The van der Waals surface area contributed by atoms with E-state index in [2.05, 4.69) is 22.1 Å². The van der Waals surface area contributed by atoms with Crippen molar-refractivity contribution >= 4 is 11.7 Å². The molecule has 22 heavy (non-hydrogen) atoms. The van der Waals surface area contributed by atoms with Crippen LogP contribution in [0.4, 0.5) is 5.82 Å². The van der Waals surface area contributed by atoms with E-state index >= 15 is 0 Å². The van der Waals surface area contributed by atoms with Gasteiger partial charge in [0.05, 0.1) is 11.7 Å². The molecule has 5 heteroatoms. The number of piperidine rings is 1. The Morgan fingerprint density at radius 1 is 1.45 bits per heavy atom. The maximum absolute atomic E-state index is 12.5. The fraction of sp³-hybridized carbons (Fsp3) is 0.647. The van der Waals surface area contributed by atoms with Gasteiger partial charge >= 0.3 is 0 Å². The molecule has 1 amide bonds. The normalized spacial score (nSPS) is 25.2. The van der Waals surface area contributed by atoms with Crippen LogP contribution in [-0.2, 0) is 4.74 Å². The number of nitrogens with zero attached hydrogens (tertiary/aromatic N) is 2.